The van der Waals surface area contributed by atoms with Crippen LogP contribution in [0.3, 0.4) is 0 Å². The number of para-hydroxylation sites is 2. The van der Waals surface area contributed by atoms with Crippen LogP contribution in [0.1, 0.15) is 19.8 Å². The van der Waals surface area contributed by atoms with Gasteiger partial charge in [-0.05, 0) is 37.6 Å². The van der Waals surface area contributed by atoms with Crippen molar-refractivity contribution in [2.24, 2.45) is 0 Å². The highest BCUT2D eigenvalue weighted by Crippen LogP contribution is 2.30. The average molecular weight is 388 g/mol. The molecule has 1 aliphatic heterocycles. The second-order valence-corrected chi connectivity index (χ2v) is 7.80. The van der Waals surface area contributed by atoms with Crippen molar-refractivity contribution < 1.29 is 22.7 Å². The molecule has 1 atom stereocenters. The van der Waals surface area contributed by atoms with Crippen molar-refractivity contribution in [2.45, 2.75) is 30.7 Å². The van der Waals surface area contributed by atoms with E-state index < -0.39 is 27.9 Å². The minimum Gasteiger partial charge on any atom is -0.492 e. The summed E-state index contributed by atoms with van der Waals surface area (Å²) in [7, 11) is -4.10. The third-order valence-corrected chi connectivity index (χ3v) is 6.05. The molecular formula is C19H20N2O5S. The van der Waals surface area contributed by atoms with Crippen LogP contribution in [0.15, 0.2) is 59.5 Å². The van der Waals surface area contributed by atoms with Gasteiger partial charge in [-0.1, -0.05) is 30.3 Å². The standard InChI is InChI=1S/C19H20N2O5S/c1-2-26-17-11-7-6-10-15(17)20-19(23)16-12-13-18(22)21(16)27(24,25)14-8-4-3-5-9-14/h3-11,16H,2,12-13H2,1H3,(H,20,23). The highest BCUT2D eigenvalue weighted by atomic mass is 32.2. The van der Waals surface area contributed by atoms with Gasteiger partial charge in [-0.25, -0.2) is 12.7 Å². The summed E-state index contributed by atoms with van der Waals surface area (Å²) in [5, 5.41) is 2.69. The molecule has 8 heteroatoms. The topological polar surface area (TPSA) is 92.8 Å². The number of sulfonamides is 1. The number of carbonyl (C=O) groups excluding carboxylic acids is 2. The minimum absolute atomic E-state index is 0.00272. The normalized spacial score (nSPS) is 17.0. The van der Waals surface area contributed by atoms with E-state index >= 15 is 0 Å². The molecule has 2 amide bonds. The summed E-state index contributed by atoms with van der Waals surface area (Å²) in [6, 6.07) is 13.4. The van der Waals surface area contributed by atoms with Crippen LogP contribution in [0.4, 0.5) is 5.69 Å². The fourth-order valence-electron chi connectivity index (χ4n) is 2.97. The van der Waals surface area contributed by atoms with E-state index in [2.05, 4.69) is 5.32 Å². The summed E-state index contributed by atoms with van der Waals surface area (Å²) < 4.78 is 31.9. The number of carbonyl (C=O) groups is 2. The molecule has 0 saturated carbocycles. The lowest BCUT2D eigenvalue weighted by molar-refractivity contribution is -0.128. The molecule has 1 saturated heterocycles. The summed E-state index contributed by atoms with van der Waals surface area (Å²) in [4.78, 5) is 25.0. The number of hydrogen-bond acceptors (Lipinski definition) is 5. The van der Waals surface area contributed by atoms with Crippen LogP contribution in [0.5, 0.6) is 5.75 Å². The number of anilines is 1. The fourth-order valence-corrected chi connectivity index (χ4v) is 4.60. The first kappa shape index (κ1) is 18.9. The van der Waals surface area contributed by atoms with E-state index in [1.165, 1.54) is 12.1 Å². The van der Waals surface area contributed by atoms with Gasteiger partial charge in [0.15, 0.2) is 0 Å². The Labute approximate surface area is 158 Å². The number of nitrogens with zero attached hydrogens (tertiary/aromatic N) is 1. The summed E-state index contributed by atoms with van der Waals surface area (Å²) in [6.45, 7) is 2.24. The maximum absolute atomic E-state index is 12.9. The van der Waals surface area contributed by atoms with Gasteiger partial charge in [0.25, 0.3) is 10.0 Å². The van der Waals surface area contributed by atoms with Gasteiger partial charge in [-0.3, -0.25) is 9.59 Å². The number of rotatable bonds is 6. The van der Waals surface area contributed by atoms with E-state index in [1.54, 1.807) is 42.5 Å². The van der Waals surface area contributed by atoms with Crippen LogP contribution in [0.2, 0.25) is 0 Å². The largest absolute Gasteiger partial charge is 0.492 e. The quantitative estimate of drug-likeness (QED) is 0.820. The molecule has 142 valence electrons. The predicted molar refractivity (Wildman–Crippen MR) is 99.7 cm³/mol. The molecule has 0 radical (unpaired) electrons. The zero-order valence-electron chi connectivity index (χ0n) is 14.8. The smallest absolute Gasteiger partial charge is 0.267 e. The van der Waals surface area contributed by atoms with Crippen molar-refractivity contribution in [2.75, 3.05) is 11.9 Å². The molecule has 1 N–H and O–H groups in total. The van der Waals surface area contributed by atoms with Crippen LogP contribution in [0.25, 0.3) is 0 Å². The maximum Gasteiger partial charge on any atom is 0.267 e. The molecule has 1 fully saturated rings. The predicted octanol–water partition coefficient (Wildman–Crippen LogP) is 2.40. The Balaban J connectivity index is 1.87. The Hall–Kier alpha value is -2.87. The fraction of sp³-hybridized carbons (Fsp3) is 0.263. The lowest BCUT2D eigenvalue weighted by Crippen LogP contribution is -2.45. The van der Waals surface area contributed by atoms with Crippen molar-refractivity contribution in [1.82, 2.24) is 4.31 Å². The minimum atomic E-state index is -4.10. The Kier molecular flexibility index (Phi) is 5.46. The first-order valence-electron chi connectivity index (χ1n) is 8.60. The van der Waals surface area contributed by atoms with Crippen LogP contribution < -0.4 is 10.1 Å². The maximum atomic E-state index is 12.9. The molecule has 1 heterocycles. The van der Waals surface area contributed by atoms with Crippen molar-refractivity contribution in [3.05, 3.63) is 54.6 Å². The van der Waals surface area contributed by atoms with E-state index in [0.29, 0.717) is 22.3 Å². The van der Waals surface area contributed by atoms with Crippen molar-refractivity contribution >= 4 is 27.5 Å². The molecule has 1 aliphatic rings. The van der Waals surface area contributed by atoms with E-state index in [9.17, 15) is 18.0 Å². The van der Waals surface area contributed by atoms with Gasteiger partial charge in [0.1, 0.15) is 11.8 Å². The van der Waals surface area contributed by atoms with E-state index in [4.69, 9.17) is 4.74 Å². The highest BCUT2D eigenvalue weighted by Gasteiger charge is 2.44. The molecule has 0 aliphatic carbocycles. The third kappa shape index (κ3) is 3.80. The van der Waals surface area contributed by atoms with E-state index in [0.717, 1.165) is 0 Å². The average Bonchev–Trinajstić information content (AvgIpc) is 3.07. The Morgan fingerprint density at radius 3 is 2.52 bits per heavy atom. The highest BCUT2D eigenvalue weighted by molar-refractivity contribution is 7.89. The summed E-state index contributed by atoms with van der Waals surface area (Å²) >= 11 is 0. The molecular weight excluding hydrogens is 368 g/mol. The molecule has 1 unspecified atom stereocenters. The number of hydrogen-bond donors (Lipinski definition) is 1. The second-order valence-electron chi connectivity index (χ2n) is 5.98. The summed E-state index contributed by atoms with van der Waals surface area (Å²) in [5.41, 5.74) is 0.431. The zero-order valence-corrected chi connectivity index (χ0v) is 15.6. The van der Waals surface area contributed by atoms with E-state index in [-0.39, 0.29) is 17.7 Å². The SMILES string of the molecule is CCOc1ccccc1NC(=O)C1CCC(=O)N1S(=O)(=O)c1ccccc1. The van der Waals surface area contributed by atoms with Gasteiger partial charge in [0.05, 0.1) is 17.2 Å². The van der Waals surface area contributed by atoms with E-state index in [1.807, 2.05) is 6.92 Å². The third-order valence-electron chi connectivity index (χ3n) is 4.21. The molecule has 3 rings (SSSR count). The van der Waals surface area contributed by atoms with Gasteiger partial charge in [0, 0.05) is 6.42 Å². The molecule has 2 aromatic rings. The number of benzene rings is 2. The number of amides is 2. The number of ether oxygens (including phenoxy) is 1. The van der Waals surface area contributed by atoms with Gasteiger partial charge in [-0.15, -0.1) is 0 Å². The second kappa shape index (κ2) is 7.79. The van der Waals surface area contributed by atoms with Crippen LogP contribution in [-0.2, 0) is 19.6 Å². The lowest BCUT2D eigenvalue weighted by Gasteiger charge is -2.24. The van der Waals surface area contributed by atoms with Crippen molar-refractivity contribution in [3.63, 3.8) is 0 Å². The summed E-state index contributed by atoms with van der Waals surface area (Å²) in [6.07, 6.45) is 0.130. The zero-order chi connectivity index (χ0) is 19.4. The van der Waals surface area contributed by atoms with Crippen molar-refractivity contribution in [1.29, 1.82) is 0 Å². The summed E-state index contributed by atoms with van der Waals surface area (Å²) in [5.74, 6) is -0.667. The Morgan fingerprint density at radius 1 is 1.15 bits per heavy atom. The monoisotopic (exact) mass is 388 g/mol. The molecule has 2 aromatic carbocycles. The first-order valence-corrected chi connectivity index (χ1v) is 10.0. The molecule has 0 aromatic heterocycles. The number of nitrogens with one attached hydrogen (secondary N) is 1. The van der Waals surface area contributed by atoms with Gasteiger partial charge in [0.2, 0.25) is 11.8 Å². The van der Waals surface area contributed by atoms with Gasteiger partial charge >= 0.3 is 0 Å². The van der Waals surface area contributed by atoms with Crippen LogP contribution in [-0.4, -0.2) is 37.2 Å². The van der Waals surface area contributed by atoms with Crippen LogP contribution >= 0.6 is 0 Å². The molecule has 0 spiro atoms. The Bertz CT molecular complexity index is 944. The molecule has 0 bridgehead atoms. The van der Waals surface area contributed by atoms with Gasteiger partial charge < -0.3 is 10.1 Å². The van der Waals surface area contributed by atoms with Crippen molar-refractivity contribution in [3.8, 4) is 5.75 Å². The molecule has 27 heavy (non-hydrogen) atoms. The lowest BCUT2D eigenvalue weighted by atomic mass is 10.2. The Morgan fingerprint density at radius 2 is 1.81 bits per heavy atom. The first-order chi connectivity index (χ1) is 12.9. The van der Waals surface area contributed by atoms with Gasteiger partial charge in [-0.2, -0.15) is 0 Å². The molecule has 7 nitrogen and oxygen atoms in total. The van der Waals surface area contributed by atoms with Crippen LogP contribution in [0, 0.1) is 0 Å².